The fraction of sp³-hybridized carbons (Fsp3) is 0.190. The van der Waals surface area contributed by atoms with Gasteiger partial charge in [0.25, 0.3) is 0 Å². The molecule has 0 radical (unpaired) electrons. The highest BCUT2D eigenvalue weighted by Crippen LogP contribution is 2.47. The molecule has 1 saturated carbocycles. The Hall–Kier alpha value is -2.76. The Labute approximate surface area is 185 Å². The second kappa shape index (κ2) is 7.43. The van der Waals surface area contributed by atoms with Gasteiger partial charge in [-0.25, -0.2) is 4.39 Å². The molecule has 0 bridgehead atoms. The Morgan fingerprint density at radius 1 is 1.03 bits per heavy atom. The average molecular weight is 541 g/mol. The van der Waals surface area contributed by atoms with Crippen molar-refractivity contribution < 1.29 is 17.6 Å². The molecule has 0 spiro atoms. The molecule has 5 nitrogen and oxygen atoms in total. The number of nitrogen functional groups attached to an aromatic ring is 1. The Morgan fingerprint density at radius 2 is 1.77 bits per heavy atom. The van der Waals surface area contributed by atoms with Crippen LogP contribution in [0.2, 0.25) is 0 Å². The number of anilines is 5. The molecular weight excluding hydrogens is 525 g/mol. The molecule has 31 heavy (non-hydrogen) atoms. The van der Waals surface area contributed by atoms with Crippen molar-refractivity contribution in [3.05, 3.63) is 63.5 Å². The van der Waals surface area contributed by atoms with Crippen molar-refractivity contribution in [3.8, 4) is 0 Å². The molecule has 1 fully saturated rings. The minimum Gasteiger partial charge on any atom is -0.383 e. The van der Waals surface area contributed by atoms with Crippen molar-refractivity contribution in [2.75, 3.05) is 16.0 Å². The third-order valence-electron chi connectivity index (χ3n) is 4.89. The molecule has 160 valence electrons. The van der Waals surface area contributed by atoms with Crippen molar-refractivity contribution in [2.24, 2.45) is 5.92 Å². The van der Waals surface area contributed by atoms with Gasteiger partial charge in [0, 0.05) is 21.2 Å². The van der Waals surface area contributed by atoms with Gasteiger partial charge in [0.15, 0.2) is 0 Å². The molecular formula is C21H16F4IN5. The number of hydrogen-bond donors (Lipinski definition) is 2. The Balaban J connectivity index is 1.49. The van der Waals surface area contributed by atoms with E-state index >= 15 is 0 Å². The van der Waals surface area contributed by atoms with Crippen LogP contribution in [0, 0.1) is 15.3 Å². The first-order valence-electron chi connectivity index (χ1n) is 9.48. The average Bonchev–Trinajstić information content (AvgIpc) is 3.48. The number of fused-ring (bicyclic) bond motifs is 1. The fourth-order valence-electron chi connectivity index (χ4n) is 3.29. The van der Waals surface area contributed by atoms with Crippen LogP contribution in [-0.4, -0.2) is 13.6 Å². The van der Waals surface area contributed by atoms with Crippen LogP contribution in [0.1, 0.15) is 18.4 Å². The molecule has 3 aromatic rings. The van der Waals surface area contributed by atoms with E-state index in [-0.39, 0.29) is 11.6 Å². The predicted molar refractivity (Wildman–Crippen MR) is 120 cm³/mol. The highest BCUT2D eigenvalue weighted by atomic mass is 127. The van der Waals surface area contributed by atoms with Crippen LogP contribution in [0.25, 0.3) is 0 Å². The Kier molecular flexibility index (Phi) is 4.83. The van der Waals surface area contributed by atoms with Gasteiger partial charge in [-0.2, -0.15) is 23.1 Å². The van der Waals surface area contributed by atoms with Crippen molar-refractivity contribution in [1.82, 2.24) is 9.97 Å². The van der Waals surface area contributed by atoms with E-state index in [1.54, 1.807) is 0 Å². The summed E-state index contributed by atoms with van der Waals surface area (Å²) in [6.45, 7) is 0. The number of hydrogen-bond acceptors (Lipinski definition) is 5. The molecule has 0 amide bonds. The number of nitrogens with two attached hydrogens (primary N) is 1. The molecule has 0 unspecified atom stereocenters. The van der Waals surface area contributed by atoms with Crippen LogP contribution in [0.3, 0.4) is 0 Å². The summed E-state index contributed by atoms with van der Waals surface area (Å²) in [7, 11) is 0. The summed E-state index contributed by atoms with van der Waals surface area (Å²) in [5.41, 5.74) is 6.45. The molecule has 0 saturated heterocycles. The van der Waals surface area contributed by atoms with Crippen molar-refractivity contribution >= 4 is 53.3 Å². The lowest BCUT2D eigenvalue weighted by atomic mass is 10.2. The van der Waals surface area contributed by atoms with Gasteiger partial charge in [0.1, 0.15) is 17.5 Å². The van der Waals surface area contributed by atoms with E-state index in [4.69, 9.17) is 5.73 Å². The van der Waals surface area contributed by atoms with Gasteiger partial charge in [-0.05, 0) is 55.3 Å². The van der Waals surface area contributed by atoms with Crippen molar-refractivity contribution in [2.45, 2.75) is 19.0 Å². The lowest BCUT2D eigenvalue weighted by molar-refractivity contribution is -0.137. The first-order chi connectivity index (χ1) is 14.8. The number of halogens is 5. The minimum absolute atomic E-state index is 0.206. The van der Waals surface area contributed by atoms with Gasteiger partial charge in [-0.1, -0.05) is 20.7 Å². The monoisotopic (exact) mass is 541 g/mol. The third-order valence-corrected chi connectivity index (χ3v) is 8.30. The molecule has 1 aromatic heterocycles. The molecule has 10 heteroatoms. The molecule has 1 aliphatic heterocycles. The van der Waals surface area contributed by atoms with E-state index < -0.39 is 32.5 Å². The van der Waals surface area contributed by atoms with Crippen LogP contribution < -0.4 is 16.0 Å². The SMILES string of the molecule is Nc1cc(Nc2ccc(C(F)(F)F)cc2)nc(N2C(C3CC3)=Ic3ccc(F)cc32)n1. The number of nitrogens with one attached hydrogen (secondary N) is 1. The van der Waals surface area contributed by atoms with Crippen LogP contribution in [0.4, 0.5) is 46.5 Å². The maximum absolute atomic E-state index is 14.0. The molecule has 3 N–H and O–H groups in total. The Bertz CT molecular complexity index is 1190. The first kappa shape index (κ1) is 20.2. The summed E-state index contributed by atoms with van der Waals surface area (Å²) in [6, 6.07) is 10.9. The quantitative estimate of drug-likeness (QED) is 0.324. The zero-order chi connectivity index (χ0) is 21.8. The van der Waals surface area contributed by atoms with E-state index in [0.717, 1.165) is 34.2 Å². The predicted octanol–water partition coefficient (Wildman–Crippen LogP) is 5.79. The number of aromatic nitrogens is 2. The van der Waals surface area contributed by atoms with Crippen molar-refractivity contribution in [1.29, 1.82) is 0 Å². The van der Waals surface area contributed by atoms with Crippen molar-refractivity contribution in [3.63, 3.8) is 0 Å². The standard InChI is InChI=1S/C21H16F4IN5/c22-13-5-8-15-16(9-13)31(19(26-15)11-1-2-11)20-29-17(27)10-18(30-20)28-14-6-3-12(4-7-14)21(23,24)25/h3-11H,1-2H2,(H3,27,28,29,30). The van der Waals surface area contributed by atoms with Gasteiger partial charge in [0.05, 0.1) is 14.9 Å². The second-order valence-corrected chi connectivity index (χ2v) is 10.1. The van der Waals surface area contributed by atoms with E-state index in [1.807, 2.05) is 11.0 Å². The summed E-state index contributed by atoms with van der Waals surface area (Å²) in [5.74, 6) is 0.995. The Morgan fingerprint density at radius 3 is 2.45 bits per heavy atom. The molecule has 5 rings (SSSR count). The van der Waals surface area contributed by atoms with Crippen LogP contribution in [0.5, 0.6) is 0 Å². The molecule has 2 aromatic carbocycles. The third kappa shape index (κ3) is 4.08. The summed E-state index contributed by atoms with van der Waals surface area (Å²) in [4.78, 5) is 10.8. The summed E-state index contributed by atoms with van der Waals surface area (Å²) < 4.78 is 54.7. The number of rotatable bonds is 4. The molecule has 2 aliphatic rings. The topological polar surface area (TPSA) is 67.1 Å². The zero-order valence-electron chi connectivity index (χ0n) is 15.9. The van der Waals surface area contributed by atoms with Gasteiger partial charge in [0.2, 0.25) is 5.95 Å². The lowest BCUT2D eigenvalue weighted by Crippen LogP contribution is -2.26. The second-order valence-electron chi connectivity index (χ2n) is 7.30. The van der Waals surface area contributed by atoms with E-state index in [9.17, 15) is 17.6 Å². The van der Waals surface area contributed by atoms with Gasteiger partial charge in [-0.3, -0.25) is 4.90 Å². The number of alkyl halides is 3. The van der Waals surface area contributed by atoms with Gasteiger partial charge in [-0.15, -0.1) is 0 Å². The molecule has 0 atom stereocenters. The smallest absolute Gasteiger partial charge is 0.383 e. The van der Waals surface area contributed by atoms with Gasteiger partial charge < -0.3 is 11.1 Å². The van der Waals surface area contributed by atoms with E-state index in [2.05, 4.69) is 15.3 Å². The first-order valence-corrected chi connectivity index (χ1v) is 11.6. The largest absolute Gasteiger partial charge is 0.416 e. The molecule has 1 aliphatic carbocycles. The number of nitrogens with zero attached hydrogens (tertiary/aromatic N) is 3. The van der Waals surface area contributed by atoms with Crippen LogP contribution in [-0.2, 0) is 6.18 Å². The maximum atomic E-state index is 14.0. The highest BCUT2D eigenvalue weighted by molar-refractivity contribution is 14.2. The fourth-order valence-corrected chi connectivity index (χ4v) is 6.70. The maximum Gasteiger partial charge on any atom is 0.416 e. The normalized spacial score (nSPS) is 15.9. The van der Waals surface area contributed by atoms with E-state index in [0.29, 0.717) is 23.4 Å². The van der Waals surface area contributed by atoms with Crippen LogP contribution >= 0.6 is 20.7 Å². The summed E-state index contributed by atoms with van der Waals surface area (Å²) >= 11 is -0.456. The zero-order valence-corrected chi connectivity index (χ0v) is 18.1. The van der Waals surface area contributed by atoms with Crippen LogP contribution in [0.15, 0.2) is 48.5 Å². The number of benzene rings is 2. The van der Waals surface area contributed by atoms with E-state index in [1.165, 1.54) is 34.0 Å². The highest BCUT2D eigenvalue weighted by Gasteiger charge is 2.37. The minimum atomic E-state index is -4.40. The summed E-state index contributed by atoms with van der Waals surface area (Å²) in [5, 5.41) is 2.98. The lowest BCUT2D eigenvalue weighted by Gasteiger charge is -2.22. The van der Waals surface area contributed by atoms with Gasteiger partial charge >= 0.3 is 6.18 Å². The summed E-state index contributed by atoms with van der Waals surface area (Å²) in [6.07, 6.45) is -2.23. The molecule has 2 heterocycles.